The van der Waals surface area contributed by atoms with Crippen molar-refractivity contribution in [2.75, 3.05) is 13.1 Å². The minimum absolute atomic E-state index is 0.0563. The van der Waals surface area contributed by atoms with E-state index in [1.807, 2.05) is 24.3 Å². The van der Waals surface area contributed by atoms with E-state index in [9.17, 15) is 4.79 Å². The number of carbonyl (C=O) groups is 1. The van der Waals surface area contributed by atoms with Gasteiger partial charge in [-0.2, -0.15) is 5.26 Å². The molecule has 0 aromatic heterocycles. The smallest absolute Gasteiger partial charge is 0.252 e. The topological polar surface area (TPSA) is 64.9 Å². The number of amides is 1. The molecule has 0 bridgehead atoms. The maximum absolute atomic E-state index is 11.8. The number of rotatable bonds is 2. The lowest BCUT2D eigenvalue weighted by Gasteiger charge is -2.19. The third-order valence-corrected chi connectivity index (χ3v) is 2.71. The summed E-state index contributed by atoms with van der Waals surface area (Å²) in [5, 5.41) is 14.3. The van der Waals surface area contributed by atoms with Gasteiger partial charge in [0.1, 0.15) is 6.54 Å². The molecule has 0 aliphatic carbocycles. The highest BCUT2D eigenvalue weighted by Crippen LogP contribution is 2.18. The summed E-state index contributed by atoms with van der Waals surface area (Å²) in [6, 6.07) is 7.63. The molecule has 82 valence electrons. The fourth-order valence-electron chi connectivity index (χ4n) is 1.96. The van der Waals surface area contributed by atoms with Crippen LogP contribution in [0.4, 0.5) is 0 Å². The van der Waals surface area contributed by atoms with E-state index in [1.54, 1.807) is 0 Å². The Morgan fingerprint density at radius 2 is 2.44 bits per heavy atom. The predicted octanol–water partition coefficient (Wildman–Crippen LogP) is 0.586. The summed E-state index contributed by atoms with van der Waals surface area (Å²) in [5.74, 6) is -0.152. The average molecular weight is 215 g/mol. The van der Waals surface area contributed by atoms with Crippen LogP contribution in [0.25, 0.3) is 0 Å². The molecule has 4 heteroatoms. The summed E-state index contributed by atoms with van der Waals surface area (Å²) in [6.07, 6.45) is 0.867. The molecular formula is C12H13N3O. The van der Waals surface area contributed by atoms with E-state index in [0.717, 1.165) is 25.1 Å². The fraction of sp³-hybridized carbons (Fsp3) is 0.333. The van der Waals surface area contributed by atoms with E-state index in [4.69, 9.17) is 5.26 Å². The van der Waals surface area contributed by atoms with Gasteiger partial charge in [-0.3, -0.25) is 4.79 Å². The van der Waals surface area contributed by atoms with Gasteiger partial charge in [0.15, 0.2) is 0 Å². The molecule has 1 aliphatic heterocycles. The summed E-state index contributed by atoms with van der Waals surface area (Å²) in [4.78, 5) is 11.8. The van der Waals surface area contributed by atoms with Crippen molar-refractivity contribution in [3.05, 3.63) is 34.9 Å². The lowest BCUT2D eigenvalue weighted by Crippen LogP contribution is -2.29. The van der Waals surface area contributed by atoms with Crippen molar-refractivity contribution in [1.82, 2.24) is 10.6 Å². The summed E-state index contributed by atoms with van der Waals surface area (Å²) < 4.78 is 0. The van der Waals surface area contributed by atoms with Gasteiger partial charge in [-0.1, -0.05) is 12.1 Å². The normalized spacial score (nSPS) is 13.7. The van der Waals surface area contributed by atoms with E-state index in [0.29, 0.717) is 5.56 Å². The van der Waals surface area contributed by atoms with Crippen molar-refractivity contribution in [3.63, 3.8) is 0 Å². The van der Waals surface area contributed by atoms with Crippen molar-refractivity contribution in [3.8, 4) is 6.07 Å². The average Bonchev–Trinajstić information content (AvgIpc) is 2.35. The Labute approximate surface area is 94.3 Å². The first-order chi connectivity index (χ1) is 7.83. The number of nitrogens with zero attached hydrogens (tertiary/aromatic N) is 1. The molecule has 1 aromatic rings. The van der Waals surface area contributed by atoms with Gasteiger partial charge in [-0.05, 0) is 30.2 Å². The third-order valence-electron chi connectivity index (χ3n) is 2.71. The Morgan fingerprint density at radius 1 is 1.56 bits per heavy atom. The molecule has 2 N–H and O–H groups in total. The second-order valence-corrected chi connectivity index (χ2v) is 3.71. The third kappa shape index (κ3) is 2.05. The molecule has 0 saturated carbocycles. The zero-order valence-corrected chi connectivity index (χ0v) is 8.92. The van der Waals surface area contributed by atoms with Crippen molar-refractivity contribution in [2.24, 2.45) is 0 Å². The minimum Gasteiger partial charge on any atom is -0.339 e. The molecule has 2 rings (SSSR count). The van der Waals surface area contributed by atoms with E-state index in [-0.39, 0.29) is 12.5 Å². The molecule has 16 heavy (non-hydrogen) atoms. The number of carbonyl (C=O) groups excluding carboxylic acids is 1. The van der Waals surface area contributed by atoms with Crippen LogP contribution in [-0.2, 0) is 13.0 Å². The summed E-state index contributed by atoms with van der Waals surface area (Å²) >= 11 is 0. The van der Waals surface area contributed by atoms with Gasteiger partial charge in [-0.15, -0.1) is 0 Å². The monoisotopic (exact) mass is 215 g/mol. The molecule has 4 nitrogen and oxygen atoms in total. The Hall–Kier alpha value is -1.86. The Bertz CT molecular complexity index is 448. The molecule has 0 fully saturated rings. The summed E-state index contributed by atoms with van der Waals surface area (Å²) in [5.41, 5.74) is 2.99. The van der Waals surface area contributed by atoms with Crippen LogP contribution in [0.2, 0.25) is 0 Å². The van der Waals surface area contributed by atoms with Crippen molar-refractivity contribution in [1.29, 1.82) is 5.26 Å². The highest BCUT2D eigenvalue weighted by atomic mass is 16.1. The van der Waals surface area contributed by atoms with E-state index in [2.05, 4.69) is 10.6 Å². The van der Waals surface area contributed by atoms with Gasteiger partial charge >= 0.3 is 0 Å². The maximum atomic E-state index is 11.8. The van der Waals surface area contributed by atoms with Crippen LogP contribution in [0.3, 0.4) is 0 Å². The second-order valence-electron chi connectivity index (χ2n) is 3.71. The molecule has 1 aromatic carbocycles. The number of nitrogens with one attached hydrogen (secondary N) is 2. The Kier molecular flexibility index (Phi) is 3.18. The maximum Gasteiger partial charge on any atom is 0.252 e. The van der Waals surface area contributed by atoms with Crippen LogP contribution in [0.1, 0.15) is 21.5 Å². The van der Waals surface area contributed by atoms with Crippen LogP contribution in [0, 0.1) is 11.3 Å². The molecule has 0 spiro atoms. The fourth-order valence-corrected chi connectivity index (χ4v) is 1.96. The first-order valence-corrected chi connectivity index (χ1v) is 5.29. The second kappa shape index (κ2) is 4.77. The standard InChI is InChI=1S/C12H13N3O/c13-5-7-15-12(16)11-3-1-2-9-8-14-6-4-10(9)11/h1-3,14H,4,6-8H2,(H,15,16). The van der Waals surface area contributed by atoms with Crippen LogP contribution in [-0.4, -0.2) is 19.0 Å². The van der Waals surface area contributed by atoms with Gasteiger partial charge in [0.25, 0.3) is 5.91 Å². The summed E-state index contributed by atoms with van der Waals surface area (Å²) in [6.45, 7) is 1.77. The first-order valence-electron chi connectivity index (χ1n) is 5.29. The molecular weight excluding hydrogens is 202 g/mol. The van der Waals surface area contributed by atoms with Gasteiger partial charge < -0.3 is 10.6 Å². The van der Waals surface area contributed by atoms with Crippen LogP contribution >= 0.6 is 0 Å². The van der Waals surface area contributed by atoms with Gasteiger partial charge in [0, 0.05) is 12.1 Å². The van der Waals surface area contributed by atoms with Gasteiger partial charge in [-0.25, -0.2) is 0 Å². The van der Waals surface area contributed by atoms with E-state index >= 15 is 0 Å². The minimum atomic E-state index is -0.152. The molecule has 1 aliphatic rings. The number of benzene rings is 1. The number of nitriles is 1. The quantitative estimate of drug-likeness (QED) is 0.709. The highest BCUT2D eigenvalue weighted by molar-refractivity contribution is 5.96. The molecule has 0 saturated heterocycles. The first kappa shape index (κ1) is 10.7. The number of hydrogen-bond acceptors (Lipinski definition) is 3. The SMILES string of the molecule is N#CCNC(=O)c1cccc2c1CCNC2. The van der Waals surface area contributed by atoms with Gasteiger partial charge in [0.2, 0.25) is 0 Å². The van der Waals surface area contributed by atoms with Crippen LogP contribution < -0.4 is 10.6 Å². The number of fused-ring (bicyclic) bond motifs is 1. The molecule has 0 radical (unpaired) electrons. The number of hydrogen-bond donors (Lipinski definition) is 2. The van der Waals surface area contributed by atoms with E-state index < -0.39 is 0 Å². The lowest BCUT2D eigenvalue weighted by atomic mass is 9.95. The van der Waals surface area contributed by atoms with Crippen molar-refractivity contribution >= 4 is 5.91 Å². The predicted molar refractivity (Wildman–Crippen MR) is 59.8 cm³/mol. The van der Waals surface area contributed by atoms with Gasteiger partial charge in [0.05, 0.1) is 6.07 Å². The molecule has 0 atom stereocenters. The molecule has 1 heterocycles. The van der Waals surface area contributed by atoms with Crippen LogP contribution in [0.15, 0.2) is 18.2 Å². The molecule has 1 amide bonds. The lowest BCUT2D eigenvalue weighted by molar-refractivity contribution is 0.0957. The summed E-state index contributed by atoms with van der Waals surface area (Å²) in [7, 11) is 0. The molecule has 0 unspecified atom stereocenters. The Morgan fingerprint density at radius 3 is 3.25 bits per heavy atom. The highest BCUT2D eigenvalue weighted by Gasteiger charge is 2.16. The largest absolute Gasteiger partial charge is 0.339 e. The van der Waals surface area contributed by atoms with Crippen molar-refractivity contribution < 1.29 is 4.79 Å². The van der Waals surface area contributed by atoms with E-state index in [1.165, 1.54) is 5.56 Å². The van der Waals surface area contributed by atoms with Crippen LogP contribution in [0.5, 0.6) is 0 Å². The zero-order chi connectivity index (χ0) is 11.4. The Balaban J connectivity index is 2.27. The zero-order valence-electron chi connectivity index (χ0n) is 8.92. The van der Waals surface area contributed by atoms with Crippen molar-refractivity contribution in [2.45, 2.75) is 13.0 Å².